The molecular weight excluding hydrogens is 242 g/mol. The van der Waals surface area contributed by atoms with E-state index in [2.05, 4.69) is 36.2 Å². The molecule has 1 heterocycles. The van der Waals surface area contributed by atoms with Crippen LogP contribution in [0, 0.1) is 6.92 Å². The minimum Gasteiger partial charge on any atom is -0.310 e. The first-order chi connectivity index (χ1) is 8.64. The lowest BCUT2D eigenvalue weighted by atomic mass is 9.80. The number of rotatable bonds is 5. The Morgan fingerprint density at radius 1 is 1.33 bits per heavy atom. The summed E-state index contributed by atoms with van der Waals surface area (Å²) in [6, 6.07) is 0. The summed E-state index contributed by atoms with van der Waals surface area (Å²) in [5, 5.41) is 3.65. The number of aromatic nitrogens is 1. The van der Waals surface area contributed by atoms with Crippen molar-refractivity contribution in [2.45, 2.75) is 51.1 Å². The standard InChI is InChI=1S/C14H25N3S/c1-12-13(18-11-16-12)9-15-10-14(17(2)3)7-5-4-6-8-14/h11,15H,4-10H2,1-3H3. The third-order valence-corrected chi connectivity index (χ3v) is 5.25. The largest absolute Gasteiger partial charge is 0.310 e. The molecule has 0 aliphatic heterocycles. The molecule has 3 nitrogen and oxygen atoms in total. The Morgan fingerprint density at radius 2 is 2.06 bits per heavy atom. The molecule has 2 rings (SSSR count). The number of hydrogen-bond acceptors (Lipinski definition) is 4. The van der Waals surface area contributed by atoms with Gasteiger partial charge in [0.05, 0.1) is 11.2 Å². The molecule has 0 saturated heterocycles. The summed E-state index contributed by atoms with van der Waals surface area (Å²) in [5.41, 5.74) is 3.49. The van der Waals surface area contributed by atoms with Crippen LogP contribution in [-0.2, 0) is 6.54 Å². The monoisotopic (exact) mass is 267 g/mol. The van der Waals surface area contributed by atoms with Gasteiger partial charge in [-0.05, 0) is 33.9 Å². The van der Waals surface area contributed by atoms with Crippen LogP contribution in [0.5, 0.6) is 0 Å². The van der Waals surface area contributed by atoms with Gasteiger partial charge in [-0.1, -0.05) is 19.3 Å². The molecule has 1 saturated carbocycles. The molecule has 1 aliphatic rings. The van der Waals surface area contributed by atoms with E-state index in [1.807, 2.05) is 5.51 Å². The van der Waals surface area contributed by atoms with Gasteiger partial charge in [0.15, 0.2) is 0 Å². The first-order valence-electron chi connectivity index (χ1n) is 6.91. The van der Waals surface area contributed by atoms with Gasteiger partial charge in [0.25, 0.3) is 0 Å². The molecule has 4 heteroatoms. The Labute approximate surface area is 115 Å². The average Bonchev–Trinajstić information content (AvgIpc) is 2.76. The predicted molar refractivity (Wildman–Crippen MR) is 78.1 cm³/mol. The molecule has 1 aliphatic carbocycles. The Balaban J connectivity index is 1.88. The van der Waals surface area contributed by atoms with E-state index in [0.29, 0.717) is 5.54 Å². The summed E-state index contributed by atoms with van der Waals surface area (Å²) in [7, 11) is 4.45. The van der Waals surface area contributed by atoms with Crippen LogP contribution >= 0.6 is 11.3 Å². The molecule has 0 bridgehead atoms. The summed E-state index contributed by atoms with van der Waals surface area (Å²) in [5.74, 6) is 0. The lowest BCUT2D eigenvalue weighted by molar-refractivity contribution is 0.0984. The maximum absolute atomic E-state index is 4.30. The fourth-order valence-corrected chi connectivity index (χ4v) is 3.64. The molecule has 1 fully saturated rings. The average molecular weight is 267 g/mol. The van der Waals surface area contributed by atoms with Crippen LogP contribution in [0.25, 0.3) is 0 Å². The van der Waals surface area contributed by atoms with Crippen LogP contribution in [0.15, 0.2) is 5.51 Å². The molecule has 1 N–H and O–H groups in total. The summed E-state index contributed by atoms with van der Waals surface area (Å²) >= 11 is 1.76. The molecule has 0 radical (unpaired) electrons. The van der Waals surface area contributed by atoms with E-state index in [4.69, 9.17) is 0 Å². The zero-order valence-electron chi connectivity index (χ0n) is 11.8. The highest BCUT2D eigenvalue weighted by atomic mass is 32.1. The van der Waals surface area contributed by atoms with Crippen LogP contribution < -0.4 is 5.32 Å². The van der Waals surface area contributed by atoms with Crippen LogP contribution in [0.4, 0.5) is 0 Å². The number of aryl methyl sites for hydroxylation is 1. The van der Waals surface area contributed by atoms with E-state index < -0.39 is 0 Å². The van der Waals surface area contributed by atoms with Crippen molar-refractivity contribution in [2.24, 2.45) is 0 Å². The smallest absolute Gasteiger partial charge is 0.0798 e. The zero-order chi connectivity index (χ0) is 13.0. The SMILES string of the molecule is Cc1ncsc1CNCC1(N(C)C)CCCCC1. The van der Waals surface area contributed by atoms with E-state index in [0.717, 1.165) is 13.1 Å². The van der Waals surface area contributed by atoms with Crippen molar-refractivity contribution >= 4 is 11.3 Å². The predicted octanol–water partition coefficient (Wildman–Crippen LogP) is 2.81. The summed E-state index contributed by atoms with van der Waals surface area (Å²) in [6.07, 6.45) is 6.81. The third kappa shape index (κ3) is 3.11. The Hall–Kier alpha value is -0.450. The molecule has 1 aromatic rings. The maximum atomic E-state index is 4.30. The van der Waals surface area contributed by atoms with Gasteiger partial charge >= 0.3 is 0 Å². The molecule has 102 valence electrons. The second-order valence-electron chi connectivity index (χ2n) is 5.64. The highest BCUT2D eigenvalue weighted by molar-refractivity contribution is 7.09. The number of hydrogen-bond donors (Lipinski definition) is 1. The van der Waals surface area contributed by atoms with E-state index in [9.17, 15) is 0 Å². The van der Waals surface area contributed by atoms with Gasteiger partial charge in [-0.15, -0.1) is 11.3 Å². The number of thiazole rings is 1. The minimum absolute atomic E-state index is 0.372. The van der Waals surface area contributed by atoms with Crippen molar-refractivity contribution in [2.75, 3.05) is 20.6 Å². The van der Waals surface area contributed by atoms with Crippen LogP contribution in [0.2, 0.25) is 0 Å². The second-order valence-corrected chi connectivity index (χ2v) is 6.58. The summed E-state index contributed by atoms with van der Waals surface area (Å²) in [4.78, 5) is 8.11. The summed E-state index contributed by atoms with van der Waals surface area (Å²) in [6.45, 7) is 4.15. The van der Waals surface area contributed by atoms with Crippen LogP contribution in [0.3, 0.4) is 0 Å². The lowest BCUT2D eigenvalue weighted by Gasteiger charge is -2.43. The van der Waals surface area contributed by atoms with Crippen LogP contribution in [0.1, 0.15) is 42.7 Å². The molecule has 0 atom stereocenters. The Morgan fingerprint density at radius 3 is 2.61 bits per heavy atom. The lowest BCUT2D eigenvalue weighted by Crippen LogP contribution is -2.52. The van der Waals surface area contributed by atoms with Crippen LogP contribution in [-0.4, -0.2) is 36.1 Å². The summed E-state index contributed by atoms with van der Waals surface area (Å²) < 4.78 is 0. The first kappa shape index (κ1) is 14.0. The fraction of sp³-hybridized carbons (Fsp3) is 0.786. The molecule has 0 spiro atoms. The van der Waals surface area contributed by atoms with E-state index in [1.54, 1.807) is 11.3 Å². The molecular formula is C14H25N3S. The van der Waals surface area contributed by atoms with Crippen molar-refractivity contribution < 1.29 is 0 Å². The number of nitrogens with zero attached hydrogens (tertiary/aromatic N) is 2. The maximum Gasteiger partial charge on any atom is 0.0798 e. The molecule has 18 heavy (non-hydrogen) atoms. The van der Waals surface area contributed by atoms with Gasteiger partial charge in [-0.2, -0.15) is 0 Å². The van der Waals surface area contributed by atoms with E-state index in [1.165, 1.54) is 42.7 Å². The Bertz CT molecular complexity index is 367. The van der Waals surface area contributed by atoms with E-state index in [-0.39, 0.29) is 0 Å². The highest BCUT2D eigenvalue weighted by Gasteiger charge is 2.33. The molecule has 0 aromatic carbocycles. The number of nitrogens with one attached hydrogen (secondary N) is 1. The van der Waals surface area contributed by atoms with E-state index >= 15 is 0 Å². The zero-order valence-corrected chi connectivity index (χ0v) is 12.6. The number of likely N-dealkylation sites (N-methyl/N-ethyl adjacent to an activating group) is 1. The molecule has 0 unspecified atom stereocenters. The van der Waals surface area contributed by atoms with Crippen molar-refractivity contribution in [3.05, 3.63) is 16.1 Å². The topological polar surface area (TPSA) is 28.2 Å². The van der Waals surface area contributed by atoms with Crippen molar-refractivity contribution in [1.29, 1.82) is 0 Å². The minimum atomic E-state index is 0.372. The van der Waals surface area contributed by atoms with Crippen molar-refractivity contribution in [3.63, 3.8) is 0 Å². The fourth-order valence-electron chi connectivity index (χ4n) is 2.90. The van der Waals surface area contributed by atoms with Gasteiger partial charge < -0.3 is 10.2 Å². The third-order valence-electron chi connectivity index (χ3n) is 4.32. The quantitative estimate of drug-likeness (QED) is 0.889. The molecule has 0 amide bonds. The van der Waals surface area contributed by atoms with Gasteiger partial charge in [-0.25, -0.2) is 4.98 Å². The second kappa shape index (κ2) is 6.13. The Kier molecular flexibility index (Phi) is 4.76. The highest BCUT2D eigenvalue weighted by Crippen LogP contribution is 2.31. The van der Waals surface area contributed by atoms with Gasteiger partial charge in [-0.3, -0.25) is 0 Å². The van der Waals surface area contributed by atoms with Gasteiger partial charge in [0.2, 0.25) is 0 Å². The van der Waals surface area contributed by atoms with Gasteiger partial charge in [0, 0.05) is 23.5 Å². The first-order valence-corrected chi connectivity index (χ1v) is 7.79. The van der Waals surface area contributed by atoms with Gasteiger partial charge in [0.1, 0.15) is 0 Å². The molecule has 1 aromatic heterocycles. The normalized spacial score (nSPS) is 19.3. The van der Waals surface area contributed by atoms with Crippen molar-refractivity contribution in [1.82, 2.24) is 15.2 Å². The van der Waals surface area contributed by atoms with Crippen molar-refractivity contribution in [3.8, 4) is 0 Å².